The average molecular weight is 126 g/mol. The van der Waals surface area contributed by atoms with Gasteiger partial charge in [-0.1, -0.05) is 0 Å². The molecule has 1 rings (SSSR count). The van der Waals surface area contributed by atoms with Gasteiger partial charge in [-0.05, 0) is 25.7 Å². The molecule has 0 bridgehead atoms. The third-order valence-electron chi connectivity index (χ3n) is 1.77. The Morgan fingerprint density at radius 2 is 2.11 bits per heavy atom. The van der Waals surface area contributed by atoms with Gasteiger partial charge >= 0.3 is 0 Å². The number of carbonyl (C=O) groups excluding carboxylic acids is 1. The van der Waals surface area contributed by atoms with Crippen molar-refractivity contribution in [2.45, 2.75) is 19.8 Å². The molecule has 0 aromatic rings. The highest BCUT2D eigenvalue weighted by molar-refractivity contribution is 5.89. The first-order valence-corrected chi connectivity index (χ1v) is 3.31. The Kier molecular flexibility index (Phi) is 1.74. The van der Waals surface area contributed by atoms with Crippen LogP contribution in [0.2, 0.25) is 0 Å². The van der Waals surface area contributed by atoms with E-state index >= 15 is 0 Å². The minimum atomic E-state index is 0.109. The highest BCUT2D eigenvalue weighted by atomic mass is 16.1. The van der Waals surface area contributed by atoms with E-state index in [1.54, 1.807) is 7.05 Å². The Morgan fingerprint density at radius 3 is 2.44 bits per heavy atom. The topological polar surface area (TPSA) is 29.1 Å². The molecule has 1 saturated carbocycles. The van der Waals surface area contributed by atoms with Crippen molar-refractivity contribution in [1.29, 1.82) is 0 Å². The van der Waals surface area contributed by atoms with Gasteiger partial charge in [0.1, 0.15) is 0 Å². The Hall–Kier alpha value is -0.530. The second kappa shape index (κ2) is 2.38. The summed E-state index contributed by atoms with van der Waals surface area (Å²) in [7, 11) is 1.67. The SMILES string of the molecule is CNC(=O)[C](C)C1CC1. The van der Waals surface area contributed by atoms with Gasteiger partial charge in [0.2, 0.25) is 5.91 Å². The first kappa shape index (κ1) is 6.59. The molecule has 2 nitrogen and oxygen atoms in total. The molecule has 0 aliphatic heterocycles. The molecule has 51 valence electrons. The highest BCUT2D eigenvalue weighted by Crippen LogP contribution is 2.37. The van der Waals surface area contributed by atoms with Crippen LogP contribution in [0.15, 0.2) is 0 Å². The van der Waals surface area contributed by atoms with Gasteiger partial charge < -0.3 is 5.32 Å². The molecule has 1 radical (unpaired) electrons. The van der Waals surface area contributed by atoms with Crippen LogP contribution in [0.3, 0.4) is 0 Å². The lowest BCUT2D eigenvalue weighted by molar-refractivity contribution is -0.119. The number of hydrogen-bond donors (Lipinski definition) is 1. The lowest BCUT2D eigenvalue weighted by atomic mass is 10.1. The monoisotopic (exact) mass is 126 g/mol. The maximum absolute atomic E-state index is 10.8. The highest BCUT2D eigenvalue weighted by Gasteiger charge is 2.32. The summed E-state index contributed by atoms with van der Waals surface area (Å²) in [4.78, 5) is 10.8. The van der Waals surface area contributed by atoms with Crippen molar-refractivity contribution >= 4 is 5.91 Å². The third-order valence-corrected chi connectivity index (χ3v) is 1.77. The van der Waals surface area contributed by atoms with Gasteiger partial charge in [0.25, 0.3) is 0 Å². The smallest absolute Gasteiger partial charge is 0.227 e. The van der Waals surface area contributed by atoms with E-state index in [0.717, 1.165) is 5.92 Å². The van der Waals surface area contributed by atoms with Crippen molar-refractivity contribution < 1.29 is 4.79 Å². The molecule has 1 N–H and O–H groups in total. The second-order valence-corrected chi connectivity index (χ2v) is 2.54. The molecule has 0 aromatic heterocycles. The zero-order valence-corrected chi connectivity index (χ0v) is 5.90. The van der Waals surface area contributed by atoms with Gasteiger partial charge in [0.05, 0.1) is 5.92 Å². The molecule has 2 heteroatoms. The fraction of sp³-hybridized carbons (Fsp3) is 0.714. The molecule has 9 heavy (non-hydrogen) atoms. The van der Waals surface area contributed by atoms with Crippen LogP contribution >= 0.6 is 0 Å². The van der Waals surface area contributed by atoms with Gasteiger partial charge in [-0.15, -0.1) is 0 Å². The zero-order valence-electron chi connectivity index (χ0n) is 5.90. The maximum Gasteiger partial charge on any atom is 0.227 e. The summed E-state index contributed by atoms with van der Waals surface area (Å²) < 4.78 is 0. The van der Waals surface area contributed by atoms with Gasteiger partial charge in [0, 0.05) is 7.05 Å². The van der Waals surface area contributed by atoms with E-state index in [2.05, 4.69) is 5.32 Å². The van der Waals surface area contributed by atoms with E-state index in [-0.39, 0.29) is 5.91 Å². The van der Waals surface area contributed by atoms with Gasteiger partial charge in [-0.2, -0.15) is 0 Å². The molecular formula is C7H12NO. The van der Waals surface area contributed by atoms with Gasteiger partial charge in [0.15, 0.2) is 0 Å². The van der Waals surface area contributed by atoms with Crippen molar-refractivity contribution in [1.82, 2.24) is 5.32 Å². The molecule has 0 aromatic carbocycles. The molecular weight excluding hydrogens is 114 g/mol. The number of carbonyl (C=O) groups is 1. The van der Waals surface area contributed by atoms with Crippen LogP contribution < -0.4 is 5.32 Å². The quantitative estimate of drug-likeness (QED) is 0.580. The fourth-order valence-corrected chi connectivity index (χ4v) is 0.899. The molecule has 1 aliphatic carbocycles. The van der Waals surface area contributed by atoms with E-state index in [0.29, 0.717) is 5.92 Å². The zero-order chi connectivity index (χ0) is 6.85. The third kappa shape index (κ3) is 1.44. The van der Waals surface area contributed by atoms with Crippen molar-refractivity contribution in [3.05, 3.63) is 5.92 Å². The predicted molar refractivity (Wildman–Crippen MR) is 35.7 cm³/mol. The molecule has 1 aliphatic rings. The molecule has 0 spiro atoms. The van der Waals surface area contributed by atoms with E-state index < -0.39 is 0 Å². The minimum Gasteiger partial charge on any atom is -0.359 e. The van der Waals surface area contributed by atoms with Crippen LogP contribution in [0.1, 0.15) is 19.8 Å². The number of hydrogen-bond acceptors (Lipinski definition) is 1. The Labute approximate surface area is 55.6 Å². The molecule has 0 heterocycles. The molecule has 0 atom stereocenters. The molecule has 1 amide bonds. The van der Waals surface area contributed by atoms with Crippen LogP contribution in [0.5, 0.6) is 0 Å². The second-order valence-electron chi connectivity index (χ2n) is 2.54. The minimum absolute atomic E-state index is 0.109. The first-order valence-electron chi connectivity index (χ1n) is 3.31. The van der Waals surface area contributed by atoms with Crippen molar-refractivity contribution in [2.24, 2.45) is 5.92 Å². The maximum atomic E-state index is 10.8. The van der Waals surface area contributed by atoms with Crippen LogP contribution in [-0.4, -0.2) is 13.0 Å². The van der Waals surface area contributed by atoms with Crippen molar-refractivity contribution in [3.63, 3.8) is 0 Å². The summed E-state index contributed by atoms with van der Waals surface area (Å²) >= 11 is 0. The lowest BCUT2D eigenvalue weighted by Crippen LogP contribution is -2.24. The van der Waals surface area contributed by atoms with Crippen LogP contribution in [0.4, 0.5) is 0 Å². The summed E-state index contributed by atoms with van der Waals surface area (Å²) in [6.07, 6.45) is 2.42. The van der Waals surface area contributed by atoms with E-state index in [4.69, 9.17) is 0 Å². The standard InChI is InChI=1S/C7H12NO/c1-5(6-3-4-6)7(9)8-2/h6H,3-4H2,1-2H3,(H,8,9). The summed E-state index contributed by atoms with van der Waals surface area (Å²) in [5.41, 5.74) is 0. The van der Waals surface area contributed by atoms with E-state index in [1.807, 2.05) is 6.92 Å². The largest absolute Gasteiger partial charge is 0.359 e. The van der Waals surface area contributed by atoms with Crippen LogP contribution in [0, 0.1) is 11.8 Å². The van der Waals surface area contributed by atoms with Crippen LogP contribution in [0.25, 0.3) is 0 Å². The molecule has 0 unspecified atom stereocenters. The normalized spacial score (nSPS) is 18.1. The average Bonchev–Trinajstić information content (AvgIpc) is 2.66. The fourth-order valence-electron chi connectivity index (χ4n) is 0.899. The van der Waals surface area contributed by atoms with E-state index in [9.17, 15) is 4.79 Å². The van der Waals surface area contributed by atoms with Gasteiger partial charge in [-0.3, -0.25) is 4.79 Å². The number of nitrogens with one attached hydrogen (secondary N) is 1. The first-order chi connectivity index (χ1) is 4.25. The predicted octanol–water partition coefficient (Wildman–Crippen LogP) is 0.737. The van der Waals surface area contributed by atoms with Crippen molar-refractivity contribution in [3.8, 4) is 0 Å². The van der Waals surface area contributed by atoms with E-state index in [1.165, 1.54) is 12.8 Å². The number of rotatable bonds is 2. The number of amides is 1. The van der Waals surface area contributed by atoms with Gasteiger partial charge in [-0.25, -0.2) is 0 Å². The molecule has 1 fully saturated rings. The Bertz CT molecular complexity index is 118. The summed E-state index contributed by atoms with van der Waals surface area (Å²) in [6.45, 7) is 1.91. The van der Waals surface area contributed by atoms with Crippen LogP contribution in [-0.2, 0) is 4.79 Å². The van der Waals surface area contributed by atoms with Crippen molar-refractivity contribution in [2.75, 3.05) is 7.05 Å². The summed E-state index contributed by atoms with van der Waals surface area (Å²) in [5, 5.41) is 2.61. The Balaban J connectivity index is 2.30. The summed E-state index contributed by atoms with van der Waals surface area (Å²) in [6, 6.07) is 0. The lowest BCUT2D eigenvalue weighted by Gasteiger charge is -2.04. The molecule has 0 saturated heterocycles. The Morgan fingerprint density at radius 1 is 1.56 bits per heavy atom. The summed E-state index contributed by atoms with van der Waals surface area (Å²) in [5.74, 6) is 1.71.